The predicted molar refractivity (Wildman–Crippen MR) is 82.5 cm³/mol. The minimum atomic E-state index is 0. The summed E-state index contributed by atoms with van der Waals surface area (Å²) >= 11 is 5.87. The monoisotopic (exact) mass is 312 g/mol. The van der Waals surface area contributed by atoms with Crippen LogP contribution in [0.2, 0.25) is 5.15 Å². The number of rotatable bonds is 2. The lowest BCUT2D eigenvalue weighted by Gasteiger charge is -2.30. The number of nitrogens with one attached hydrogen (secondary N) is 1. The molecule has 6 heteroatoms. The number of fused-ring (bicyclic) bond motifs is 1. The maximum Gasteiger partial charge on any atom is 0.162 e. The lowest BCUT2D eigenvalue weighted by molar-refractivity contribution is 0.263. The lowest BCUT2D eigenvalue weighted by Crippen LogP contribution is -2.41. The van der Waals surface area contributed by atoms with Gasteiger partial charge < -0.3 is 9.88 Å². The third kappa shape index (κ3) is 2.52. The van der Waals surface area contributed by atoms with Crippen LogP contribution in [0.25, 0.3) is 11.0 Å². The summed E-state index contributed by atoms with van der Waals surface area (Å²) in [6.07, 6.45) is 7.37. The molecule has 1 N–H and O–H groups in total. The molecule has 2 aliphatic rings. The first-order chi connectivity index (χ1) is 9.24. The second kappa shape index (κ2) is 5.17. The minimum absolute atomic E-state index is 0. The molecule has 1 aliphatic carbocycles. The highest BCUT2D eigenvalue weighted by Crippen LogP contribution is 2.44. The van der Waals surface area contributed by atoms with E-state index in [0.717, 1.165) is 30.0 Å². The minimum Gasteiger partial charge on any atom is -0.331 e. The highest BCUT2D eigenvalue weighted by molar-refractivity contribution is 6.29. The molecule has 1 atom stereocenters. The molecule has 1 unspecified atom stereocenters. The molecular weight excluding hydrogens is 295 g/mol. The Morgan fingerprint density at radius 2 is 2.25 bits per heavy atom. The smallest absolute Gasteiger partial charge is 0.162 e. The molecule has 1 aliphatic heterocycles. The first-order valence-electron chi connectivity index (χ1n) is 6.97. The molecular formula is C14H18Cl2N4. The Labute approximate surface area is 129 Å². The Morgan fingerprint density at radius 1 is 1.40 bits per heavy atom. The Hall–Kier alpha value is -0.840. The van der Waals surface area contributed by atoms with Crippen LogP contribution in [0.15, 0.2) is 18.3 Å². The van der Waals surface area contributed by atoms with E-state index in [1.54, 1.807) is 0 Å². The van der Waals surface area contributed by atoms with Crippen LogP contribution < -0.4 is 5.32 Å². The van der Waals surface area contributed by atoms with Gasteiger partial charge in [-0.1, -0.05) is 11.6 Å². The molecule has 4 rings (SSSR count). The molecule has 2 aromatic rings. The van der Waals surface area contributed by atoms with E-state index >= 15 is 0 Å². The number of aromatic nitrogens is 3. The Morgan fingerprint density at radius 3 is 3.05 bits per heavy atom. The van der Waals surface area contributed by atoms with E-state index in [9.17, 15) is 0 Å². The zero-order valence-corrected chi connectivity index (χ0v) is 12.8. The standard InChI is InChI=1S/C14H17ClN4.ClH/c15-12-7-11-2-6-19(13(11)18-17-12)9-10-1-5-16-14(8-10)3-4-14;/h2,6-7,10,16H,1,3-5,8-9H2;1H. The van der Waals surface area contributed by atoms with Crippen molar-refractivity contribution in [2.45, 2.75) is 37.8 Å². The highest BCUT2D eigenvalue weighted by Gasteiger charge is 2.45. The lowest BCUT2D eigenvalue weighted by atomic mass is 9.91. The normalized spacial score (nSPS) is 23.8. The van der Waals surface area contributed by atoms with Crippen LogP contribution >= 0.6 is 24.0 Å². The number of piperidine rings is 1. The summed E-state index contributed by atoms with van der Waals surface area (Å²) in [7, 11) is 0. The quantitative estimate of drug-likeness (QED) is 0.927. The van der Waals surface area contributed by atoms with Crippen LogP contribution in [0.1, 0.15) is 25.7 Å². The van der Waals surface area contributed by atoms with Gasteiger partial charge in [0.1, 0.15) is 0 Å². The molecule has 2 fully saturated rings. The van der Waals surface area contributed by atoms with Gasteiger partial charge in [0.05, 0.1) is 0 Å². The van der Waals surface area contributed by atoms with Gasteiger partial charge in [-0.05, 0) is 50.3 Å². The maximum absolute atomic E-state index is 5.87. The molecule has 1 saturated heterocycles. The van der Waals surface area contributed by atoms with Crippen molar-refractivity contribution in [3.8, 4) is 0 Å². The van der Waals surface area contributed by atoms with Gasteiger partial charge in [0.25, 0.3) is 0 Å². The van der Waals surface area contributed by atoms with Crippen LogP contribution in [0.4, 0.5) is 0 Å². The van der Waals surface area contributed by atoms with E-state index in [1.807, 2.05) is 6.07 Å². The molecule has 3 heterocycles. The van der Waals surface area contributed by atoms with Crippen molar-refractivity contribution < 1.29 is 0 Å². The van der Waals surface area contributed by atoms with E-state index in [4.69, 9.17) is 11.6 Å². The molecule has 0 amide bonds. The van der Waals surface area contributed by atoms with Crippen molar-refractivity contribution in [1.29, 1.82) is 0 Å². The van der Waals surface area contributed by atoms with Crippen LogP contribution in [0.5, 0.6) is 0 Å². The van der Waals surface area contributed by atoms with E-state index in [2.05, 4.69) is 32.3 Å². The molecule has 4 nitrogen and oxygen atoms in total. The first-order valence-corrected chi connectivity index (χ1v) is 7.35. The summed E-state index contributed by atoms with van der Waals surface area (Å²) in [6, 6.07) is 3.95. The fourth-order valence-electron chi connectivity index (χ4n) is 3.34. The Balaban J connectivity index is 0.00000121. The summed E-state index contributed by atoms with van der Waals surface area (Å²) in [5.41, 5.74) is 1.44. The van der Waals surface area contributed by atoms with Crippen molar-refractivity contribution in [3.63, 3.8) is 0 Å². The third-order valence-electron chi connectivity index (χ3n) is 4.52. The second-order valence-electron chi connectivity index (χ2n) is 5.98. The van der Waals surface area contributed by atoms with Crippen molar-refractivity contribution in [2.24, 2.45) is 5.92 Å². The molecule has 0 aromatic carbocycles. The van der Waals surface area contributed by atoms with Crippen molar-refractivity contribution in [2.75, 3.05) is 6.54 Å². The average Bonchev–Trinajstić information content (AvgIpc) is 3.02. The summed E-state index contributed by atoms with van der Waals surface area (Å²) in [4.78, 5) is 0. The van der Waals surface area contributed by atoms with Crippen molar-refractivity contribution in [1.82, 2.24) is 20.1 Å². The Bertz CT molecular complexity index is 621. The van der Waals surface area contributed by atoms with Crippen LogP contribution in [0, 0.1) is 5.92 Å². The van der Waals surface area contributed by atoms with Crippen LogP contribution in [-0.2, 0) is 6.54 Å². The molecule has 1 saturated carbocycles. The van der Waals surface area contributed by atoms with Crippen molar-refractivity contribution >= 4 is 35.0 Å². The third-order valence-corrected chi connectivity index (χ3v) is 4.70. The number of hydrogen-bond acceptors (Lipinski definition) is 3. The summed E-state index contributed by atoms with van der Waals surface area (Å²) in [5, 5.41) is 13.4. The number of hydrogen-bond donors (Lipinski definition) is 1. The SMILES string of the molecule is Cl.Clc1cc2ccn(CC3CCNC4(CC4)C3)c2nn1. The maximum atomic E-state index is 5.87. The second-order valence-corrected chi connectivity index (χ2v) is 6.37. The van der Waals surface area contributed by atoms with Gasteiger partial charge in [-0.3, -0.25) is 0 Å². The van der Waals surface area contributed by atoms with E-state index in [0.29, 0.717) is 10.7 Å². The molecule has 2 aromatic heterocycles. The predicted octanol–water partition coefficient (Wildman–Crippen LogP) is 3.04. The highest BCUT2D eigenvalue weighted by atomic mass is 35.5. The van der Waals surface area contributed by atoms with Crippen molar-refractivity contribution in [3.05, 3.63) is 23.5 Å². The van der Waals surface area contributed by atoms with Gasteiger partial charge in [0.2, 0.25) is 0 Å². The first kappa shape index (κ1) is 14.1. The van der Waals surface area contributed by atoms with Gasteiger partial charge in [-0.25, -0.2) is 0 Å². The van der Waals surface area contributed by atoms with Crippen LogP contribution in [-0.4, -0.2) is 26.8 Å². The summed E-state index contributed by atoms with van der Waals surface area (Å²) in [6.45, 7) is 2.20. The zero-order valence-electron chi connectivity index (χ0n) is 11.2. The average molecular weight is 313 g/mol. The summed E-state index contributed by atoms with van der Waals surface area (Å²) in [5.74, 6) is 0.747. The summed E-state index contributed by atoms with van der Waals surface area (Å²) < 4.78 is 2.23. The fraction of sp³-hybridized carbons (Fsp3) is 0.571. The molecule has 108 valence electrons. The van der Waals surface area contributed by atoms with Gasteiger partial charge in [-0.2, -0.15) is 0 Å². The molecule has 0 bridgehead atoms. The molecule has 20 heavy (non-hydrogen) atoms. The number of nitrogens with zero attached hydrogens (tertiary/aromatic N) is 3. The van der Waals surface area contributed by atoms with Crippen LogP contribution in [0.3, 0.4) is 0 Å². The number of halogens is 2. The topological polar surface area (TPSA) is 42.7 Å². The van der Waals surface area contributed by atoms with Gasteiger partial charge in [0.15, 0.2) is 10.8 Å². The zero-order chi connectivity index (χ0) is 12.9. The van der Waals surface area contributed by atoms with E-state index in [1.165, 1.54) is 25.7 Å². The van der Waals surface area contributed by atoms with E-state index < -0.39 is 0 Å². The molecule has 0 radical (unpaired) electrons. The van der Waals surface area contributed by atoms with Gasteiger partial charge in [0, 0.05) is 23.7 Å². The van der Waals surface area contributed by atoms with Gasteiger partial charge in [-0.15, -0.1) is 22.6 Å². The van der Waals surface area contributed by atoms with Gasteiger partial charge >= 0.3 is 0 Å². The fourth-order valence-corrected chi connectivity index (χ4v) is 3.50. The Kier molecular flexibility index (Phi) is 3.65. The largest absolute Gasteiger partial charge is 0.331 e. The van der Waals surface area contributed by atoms with E-state index in [-0.39, 0.29) is 12.4 Å². The molecule has 1 spiro atoms.